The average molecular weight is 891 g/mol. The second kappa shape index (κ2) is 14.7. The molecule has 0 spiro atoms. The highest BCUT2D eigenvalue weighted by atomic mass is 32.1. The molecule has 4 aliphatic rings. The van der Waals surface area contributed by atoms with Crippen LogP contribution in [-0.4, -0.2) is 27.4 Å². The van der Waals surface area contributed by atoms with Gasteiger partial charge in [-0.1, -0.05) is 147 Å². The van der Waals surface area contributed by atoms with E-state index in [1.807, 2.05) is 6.20 Å². The summed E-state index contributed by atoms with van der Waals surface area (Å²) in [5.74, 6) is 0.423. The Morgan fingerprint density at radius 2 is 1.29 bits per heavy atom. The zero-order chi connectivity index (χ0) is 45.5. The van der Waals surface area contributed by atoms with Crippen molar-refractivity contribution in [1.82, 2.24) is 19.4 Å². The first kappa shape index (κ1) is 36.5. The van der Waals surface area contributed by atoms with Crippen LogP contribution >= 0.6 is 11.3 Å². The molecule has 4 heterocycles. The molecule has 3 aliphatic carbocycles. The number of rotatable bonds is 4. The van der Waals surface area contributed by atoms with Crippen molar-refractivity contribution in [3.8, 4) is 78.4 Å². The predicted molar refractivity (Wildman–Crippen MR) is 276 cm³/mol. The Hall–Kier alpha value is -6.67. The van der Waals surface area contributed by atoms with Crippen molar-refractivity contribution >= 4 is 56.0 Å². The number of hydrogen-bond acceptors (Lipinski definition) is 5. The highest BCUT2D eigenvalue weighted by Gasteiger charge is 2.39. The van der Waals surface area contributed by atoms with E-state index in [-0.39, 0.29) is 0 Å². The molecule has 2 fully saturated rings. The first-order valence-electron chi connectivity index (χ1n) is 24.7. The number of imidazole rings is 1. The third-order valence-corrected chi connectivity index (χ3v) is 19.8. The molecule has 0 amide bonds. The maximum atomic E-state index is 10.3. The quantitative estimate of drug-likeness (QED) is 0.165. The summed E-state index contributed by atoms with van der Waals surface area (Å²) in [5, 5.41) is 2.52. The van der Waals surface area contributed by atoms with Crippen molar-refractivity contribution in [2.75, 3.05) is 0 Å². The van der Waals surface area contributed by atoms with E-state index in [0.29, 0.717) is 0 Å². The van der Waals surface area contributed by atoms with E-state index in [1.54, 1.807) is 17.7 Å². The van der Waals surface area contributed by atoms with E-state index in [0.717, 1.165) is 157 Å². The normalized spacial score (nSPS) is 17.7. The van der Waals surface area contributed by atoms with Crippen molar-refractivity contribution < 1.29 is 7.48 Å². The number of nitrogens with zero attached hydrogens (tertiary/aromatic N) is 4. The van der Waals surface area contributed by atoms with Gasteiger partial charge < -0.3 is 4.74 Å². The van der Waals surface area contributed by atoms with Crippen molar-refractivity contribution in [1.29, 1.82) is 0 Å². The van der Waals surface area contributed by atoms with Gasteiger partial charge in [0.05, 0.1) is 26.9 Å². The number of hydrogen-bond donors (Lipinski definition) is 0. The number of aromatic nitrogens is 4. The molecule has 0 unspecified atom stereocenters. The van der Waals surface area contributed by atoms with Gasteiger partial charge in [0.1, 0.15) is 25.9 Å². The van der Waals surface area contributed by atoms with E-state index in [2.05, 4.69) is 156 Å². The van der Waals surface area contributed by atoms with Gasteiger partial charge in [-0.2, -0.15) is 0 Å². The second-order valence-electron chi connectivity index (χ2n) is 19.2. The van der Waals surface area contributed by atoms with Crippen LogP contribution in [-0.2, 0) is 0 Å². The number of para-hydroxylation sites is 3. The summed E-state index contributed by atoms with van der Waals surface area (Å²) >= 11 is 1.75. The Bertz CT molecular complexity index is 3770. The minimum absolute atomic E-state index is 0.641. The zero-order valence-corrected chi connectivity index (χ0v) is 38.9. The topological polar surface area (TPSA) is 52.3 Å². The molecule has 2 saturated carbocycles. The molecule has 320 valence electrons. The Labute approximate surface area is 392 Å². The number of ether oxygens (including phenoxy) is 1. The van der Waals surface area contributed by atoms with Crippen LogP contribution in [0.25, 0.3) is 93.1 Å². The van der Waals surface area contributed by atoms with Gasteiger partial charge in [0.15, 0.2) is 4.96 Å². The van der Waals surface area contributed by atoms with E-state index in [1.165, 1.54) is 20.6 Å². The molecule has 10 aromatic rings. The summed E-state index contributed by atoms with van der Waals surface area (Å²) in [4.78, 5) is 15.5. The fourth-order valence-corrected chi connectivity index (χ4v) is 16.1. The second-order valence-corrected chi connectivity index (χ2v) is 24.5. The fourth-order valence-electron chi connectivity index (χ4n) is 12.0. The van der Waals surface area contributed by atoms with Gasteiger partial charge in [0, 0.05) is 31.2 Å². The van der Waals surface area contributed by atoms with E-state index in [4.69, 9.17) is 14.7 Å². The van der Waals surface area contributed by atoms with Crippen LogP contribution in [0, 0.1) is 0 Å². The molecule has 66 heavy (non-hydrogen) atoms. The molecule has 0 bridgehead atoms. The van der Waals surface area contributed by atoms with Crippen LogP contribution in [0.15, 0.2) is 146 Å². The Balaban J connectivity index is 0.967. The third kappa shape index (κ3) is 5.66. The highest BCUT2D eigenvalue weighted by Crippen LogP contribution is 2.53. The minimum atomic E-state index is -2.45. The predicted octanol–water partition coefficient (Wildman–Crippen LogP) is 15.1. The fraction of sp³-hybridized carbons (Fsp3) is 0.203. The largest absolute Gasteiger partial charge is 0.457 e. The lowest BCUT2D eigenvalue weighted by Crippen LogP contribution is -2.56. The van der Waals surface area contributed by atoms with Gasteiger partial charge in [-0.05, 0) is 134 Å². The Morgan fingerprint density at radius 3 is 2.09 bits per heavy atom. The lowest BCUT2D eigenvalue weighted by atomic mass is 9.78. The summed E-state index contributed by atoms with van der Waals surface area (Å²) in [6.45, 7) is 4.93. The first-order chi connectivity index (χ1) is 33.2. The smallest absolute Gasteiger partial charge is 0.195 e. The molecule has 0 N–H and O–H groups in total. The molecule has 0 atom stereocenters. The van der Waals surface area contributed by atoms with Gasteiger partial charge in [0.2, 0.25) is 0 Å². The molecule has 1 aliphatic heterocycles. The van der Waals surface area contributed by atoms with Crippen LogP contribution in [0.4, 0.5) is 0 Å². The van der Waals surface area contributed by atoms with Crippen LogP contribution in [0.2, 0.25) is 13.1 Å². The molecule has 5 nitrogen and oxygen atoms in total. The lowest BCUT2D eigenvalue weighted by Gasteiger charge is -2.35. The molecule has 0 radical (unpaired) electrons. The van der Waals surface area contributed by atoms with Crippen LogP contribution in [0.5, 0.6) is 11.5 Å². The standard InChI is InChI=1S/C59H48N4OSSi/c1-66(2)53-25-13-22-43(47-32-46-41-20-9-10-21-42(41)56-48(33-60-34-61-56)40-19-8-7-18-39(40)45(46)31-44(47)36-16-5-6-17-36)57(53)64-52-29-26-37(30-54(52)66)55-38(35-14-3-4-15-35)27-28-51-58(55)65-59-62-49-23-11-12-24-50(49)63(51)59/h7-13,18-36H,3-6,14-17H2,1-2H3/i35D,36D. The summed E-state index contributed by atoms with van der Waals surface area (Å²) in [7, 11) is -2.45. The molecule has 3 aromatic heterocycles. The number of thiazole rings is 1. The van der Waals surface area contributed by atoms with Crippen molar-refractivity contribution in [3.05, 3.63) is 157 Å². The molecular weight excluding hydrogens is 841 g/mol. The van der Waals surface area contributed by atoms with Gasteiger partial charge in [-0.3, -0.25) is 4.40 Å². The van der Waals surface area contributed by atoms with E-state index >= 15 is 0 Å². The van der Waals surface area contributed by atoms with E-state index < -0.39 is 19.9 Å². The summed E-state index contributed by atoms with van der Waals surface area (Å²) in [6.07, 6.45) is 11.2. The maximum absolute atomic E-state index is 10.3. The van der Waals surface area contributed by atoms with Crippen LogP contribution in [0.3, 0.4) is 0 Å². The van der Waals surface area contributed by atoms with Gasteiger partial charge in [0.25, 0.3) is 0 Å². The SMILES string of the molecule is [2H]C1(c2cc3c(cc2-c2cccc4c2Oc2ccc(-c5c(C6([2H])CCCC6)ccc6c5sc5nc7ccccc7n56)cc2[Si]4(C)C)-c2ccccc2-c2ncncc2-c2ccccc2-3)CCCC1. The molecule has 7 heteroatoms. The van der Waals surface area contributed by atoms with Crippen molar-refractivity contribution in [2.24, 2.45) is 0 Å². The third-order valence-electron chi connectivity index (χ3n) is 15.3. The van der Waals surface area contributed by atoms with Gasteiger partial charge >= 0.3 is 0 Å². The number of fused-ring (bicyclic) bond motifs is 15. The Kier molecular flexibility index (Phi) is 8.12. The average Bonchev–Trinajstić information content (AvgIpc) is 4.18. The van der Waals surface area contributed by atoms with Crippen molar-refractivity contribution in [3.63, 3.8) is 0 Å². The van der Waals surface area contributed by atoms with Crippen LogP contribution < -0.4 is 15.1 Å². The van der Waals surface area contributed by atoms with Crippen molar-refractivity contribution in [2.45, 2.75) is 76.2 Å². The summed E-state index contributed by atoms with van der Waals surface area (Å²) in [5.41, 5.74) is 18.5. The number of benzene rings is 7. The Morgan fingerprint density at radius 1 is 0.606 bits per heavy atom. The summed E-state index contributed by atoms with van der Waals surface area (Å²) < 4.78 is 31.0. The zero-order valence-electron chi connectivity index (χ0n) is 39.1. The van der Waals surface area contributed by atoms with E-state index in [9.17, 15) is 2.74 Å². The monoisotopic (exact) mass is 890 g/mol. The molecule has 7 aromatic carbocycles. The minimum Gasteiger partial charge on any atom is -0.457 e. The molecule has 14 rings (SSSR count). The molecule has 0 saturated heterocycles. The lowest BCUT2D eigenvalue weighted by molar-refractivity contribution is 0.488. The highest BCUT2D eigenvalue weighted by molar-refractivity contribution is 7.24. The molecular formula is C59H48N4OSSi. The first-order valence-corrected chi connectivity index (χ1v) is 27.5. The summed E-state index contributed by atoms with van der Waals surface area (Å²) in [6, 6.07) is 48.5. The van der Waals surface area contributed by atoms with Gasteiger partial charge in [-0.15, -0.1) is 0 Å². The van der Waals surface area contributed by atoms with Gasteiger partial charge in [-0.25, -0.2) is 15.0 Å². The van der Waals surface area contributed by atoms with Crippen LogP contribution in [0.1, 0.15) is 77.0 Å². The maximum Gasteiger partial charge on any atom is 0.195 e.